The van der Waals surface area contributed by atoms with Crippen molar-refractivity contribution in [2.75, 3.05) is 20.3 Å². The Bertz CT molecular complexity index is 227. The van der Waals surface area contributed by atoms with Crippen molar-refractivity contribution in [2.45, 2.75) is 64.0 Å². The van der Waals surface area contributed by atoms with E-state index in [1.165, 1.54) is 32.8 Å². The van der Waals surface area contributed by atoms with Crippen molar-refractivity contribution in [3.8, 4) is 0 Å². The van der Waals surface area contributed by atoms with E-state index in [-0.39, 0.29) is 12.0 Å². The first-order chi connectivity index (χ1) is 8.77. The van der Waals surface area contributed by atoms with Crippen LogP contribution in [0, 0.1) is 0 Å². The molecule has 0 amide bonds. The Hall–Kier alpha value is -0.610. The standard InChI is InChI=1S/C14H27NO3/c1-3-4-9-13(14(16)17-2)15-10-11-18-12-7-5-6-8-12/h12-13,15H,3-11H2,1-2H3. The van der Waals surface area contributed by atoms with Crippen molar-refractivity contribution < 1.29 is 14.3 Å². The number of rotatable bonds is 9. The van der Waals surface area contributed by atoms with Crippen molar-refractivity contribution in [3.05, 3.63) is 0 Å². The topological polar surface area (TPSA) is 47.6 Å². The highest BCUT2D eigenvalue weighted by Gasteiger charge is 2.18. The van der Waals surface area contributed by atoms with E-state index in [0.717, 1.165) is 25.8 Å². The highest BCUT2D eigenvalue weighted by molar-refractivity contribution is 5.75. The van der Waals surface area contributed by atoms with Crippen LogP contribution < -0.4 is 5.32 Å². The summed E-state index contributed by atoms with van der Waals surface area (Å²) in [5, 5.41) is 3.23. The highest BCUT2D eigenvalue weighted by Crippen LogP contribution is 2.20. The number of ether oxygens (including phenoxy) is 2. The molecule has 0 aromatic rings. The fourth-order valence-electron chi connectivity index (χ4n) is 2.37. The first-order valence-electron chi connectivity index (χ1n) is 7.20. The molecule has 1 rings (SSSR count). The van der Waals surface area contributed by atoms with Crippen LogP contribution in [0.25, 0.3) is 0 Å². The Morgan fingerprint density at radius 3 is 2.72 bits per heavy atom. The summed E-state index contributed by atoms with van der Waals surface area (Å²) in [5.74, 6) is -0.163. The van der Waals surface area contributed by atoms with Crippen molar-refractivity contribution >= 4 is 5.97 Å². The number of esters is 1. The van der Waals surface area contributed by atoms with Gasteiger partial charge in [-0.25, -0.2) is 0 Å². The average Bonchev–Trinajstić information content (AvgIpc) is 2.90. The minimum Gasteiger partial charge on any atom is -0.468 e. The van der Waals surface area contributed by atoms with Crippen molar-refractivity contribution in [1.82, 2.24) is 5.32 Å². The molecule has 1 atom stereocenters. The minimum absolute atomic E-state index is 0.163. The van der Waals surface area contributed by atoms with Crippen LogP contribution in [0.5, 0.6) is 0 Å². The van der Waals surface area contributed by atoms with Crippen LogP contribution in [0.1, 0.15) is 51.9 Å². The summed E-state index contributed by atoms with van der Waals surface area (Å²) in [4.78, 5) is 11.5. The van der Waals surface area contributed by atoms with Crippen LogP contribution >= 0.6 is 0 Å². The molecule has 1 unspecified atom stereocenters. The third-order valence-electron chi connectivity index (χ3n) is 3.48. The van der Waals surface area contributed by atoms with E-state index in [4.69, 9.17) is 9.47 Å². The maximum atomic E-state index is 11.5. The zero-order chi connectivity index (χ0) is 13.2. The SMILES string of the molecule is CCCCC(NCCOC1CCCC1)C(=O)OC. The molecule has 1 saturated carbocycles. The normalized spacial score (nSPS) is 17.9. The van der Waals surface area contributed by atoms with Crippen LogP contribution in [0.3, 0.4) is 0 Å². The second kappa shape index (κ2) is 9.34. The van der Waals surface area contributed by atoms with Gasteiger partial charge in [0.05, 0.1) is 19.8 Å². The first kappa shape index (κ1) is 15.4. The van der Waals surface area contributed by atoms with E-state index < -0.39 is 0 Å². The zero-order valence-electron chi connectivity index (χ0n) is 11.7. The van der Waals surface area contributed by atoms with Gasteiger partial charge in [0.1, 0.15) is 6.04 Å². The van der Waals surface area contributed by atoms with Gasteiger partial charge in [-0.3, -0.25) is 4.79 Å². The Kier molecular flexibility index (Phi) is 8.01. The molecule has 0 aromatic carbocycles. The number of hydrogen-bond donors (Lipinski definition) is 1. The molecule has 0 heterocycles. The molecule has 1 N–H and O–H groups in total. The van der Waals surface area contributed by atoms with E-state index in [9.17, 15) is 4.79 Å². The number of unbranched alkanes of at least 4 members (excludes halogenated alkanes) is 1. The van der Waals surface area contributed by atoms with Gasteiger partial charge >= 0.3 is 5.97 Å². The summed E-state index contributed by atoms with van der Waals surface area (Å²) in [6.45, 7) is 3.53. The molecule has 0 radical (unpaired) electrons. The number of carbonyl (C=O) groups excluding carboxylic acids is 1. The predicted molar refractivity (Wildman–Crippen MR) is 71.5 cm³/mol. The average molecular weight is 257 g/mol. The maximum absolute atomic E-state index is 11.5. The lowest BCUT2D eigenvalue weighted by atomic mass is 10.1. The Morgan fingerprint density at radius 1 is 1.39 bits per heavy atom. The number of carbonyl (C=O) groups is 1. The van der Waals surface area contributed by atoms with Crippen LogP contribution in [0.15, 0.2) is 0 Å². The van der Waals surface area contributed by atoms with Crippen LogP contribution in [-0.4, -0.2) is 38.4 Å². The minimum atomic E-state index is -0.179. The van der Waals surface area contributed by atoms with E-state index in [1.54, 1.807) is 0 Å². The van der Waals surface area contributed by atoms with Gasteiger partial charge in [0.2, 0.25) is 0 Å². The van der Waals surface area contributed by atoms with Gasteiger partial charge in [0.15, 0.2) is 0 Å². The molecule has 0 bridgehead atoms. The van der Waals surface area contributed by atoms with Gasteiger partial charge in [0, 0.05) is 6.54 Å². The van der Waals surface area contributed by atoms with E-state index in [2.05, 4.69) is 12.2 Å². The van der Waals surface area contributed by atoms with E-state index in [1.807, 2.05) is 0 Å². The lowest BCUT2D eigenvalue weighted by Crippen LogP contribution is -2.39. The smallest absolute Gasteiger partial charge is 0.322 e. The quantitative estimate of drug-likeness (QED) is 0.508. The van der Waals surface area contributed by atoms with Gasteiger partial charge < -0.3 is 14.8 Å². The molecule has 4 nitrogen and oxygen atoms in total. The fraction of sp³-hybridized carbons (Fsp3) is 0.929. The van der Waals surface area contributed by atoms with Gasteiger partial charge in [0.25, 0.3) is 0 Å². The van der Waals surface area contributed by atoms with Crippen molar-refractivity contribution in [3.63, 3.8) is 0 Å². The molecule has 0 saturated heterocycles. The Morgan fingerprint density at radius 2 is 2.11 bits per heavy atom. The summed E-state index contributed by atoms with van der Waals surface area (Å²) >= 11 is 0. The van der Waals surface area contributed by atoms with Crippen LogP contribution in [-0.2, 0) is 14.3 Å². The molecule has 0 spiro atoms. The third-order valence-corrected chi connectivity index (χ3v) is 3.48. The number of hydrogen-bond acceptors (Lipinski definition) is 4. The molecular formula is C14H27NO3. The molecular weight excluding hydrogens is 230 g/mol. The molecule has 4 heteroatoms. The third kappa shape index (κ3) is 5.83. The van der Waals surface area contributed by atoms with Gasteiger partial charge in [-0.2, -0.15) is 0 Å². The Balaban J connectivity index is 2.13. The number of methoxy groups -OCH3 is 1. The fourth-order valence-corrected chi connectivity index (χ4v) is 2.37. The van der Waals surface area contributed by atoms with Crippen molar-refractivity contribution in [2.24, 2.45) is 0 Å². The molecule has 18 heavy (non-hydrogen) atoms. The van der Waals surface area contributed by atoms with Gasteiger partial charge in [-0.05, 0) is 19.3 Å². The van der Waals surface area contributed by atoms with Crippen molar-refractivity contribution in [1.29, 1.82) is 0 Å². The summed E-state index contributed by atoms with van der Waals surface area (Å²) in [7, 11) is 1.44. The lowest BCUT2D eigenvalue weighted by Gasteiger charge is -2.17. The van der Waals surface area contributed by atoms with E-state index in [0.29, 0.717) is 12.7 Å². The molecule has 0 aliphatic heterocycles. The summed E-state index contributed by atoms with van der Waals surface area (Å²) in [5.41, 5.74) is 0. The number of nitrogens with one attached hydrogen (secondary N) is 1. The second-order valence-electron chi connectivity index (χ2n) is 4.95. The summed E-state index contributed by atoms with van der Waals surface area (Å²) < 4.78 is 10.6. The second-order valence-corrected chi connectivity index (χ2v) is 4.95. The highest BCUT2D eigenvalue weighted by atomic mass is 16.5. The van der Waals surface area contributed by atoms with Crippen LogP contribution in [0.2, 0.25) is 0 Å². The zero-order valence-corrected chi connectivity index (χ0v) is 11.7. The molecule has 0 aromatic heterocycles. The summed E-state index contributed by atoms with van der Waals surface area (Å²) in [6, 6.07) is -0.179. The van der Waals surface area contributed by atoms with Crippen LogP contribution in [0.4, 0.5) is 0 Å². The maximum Gasteiger partial charge on any atom is 0.322 e. The first-order valence-corrected chi connectivity index (χ1v) is 7.20. The lowest BCUT2D eigenvalue weighted by molar-refractivity contribution is -0.143. The molecule has 1 aliphatic rings. The Labute approximate surface area is 110 Å². The molecule has 1 aliphatic carbocycles. The van der Waals surface area contributed by atoms with Gasteiger partial charge in [-0.1, -0.05) is 32.6 Å². The molecule has 1 fully saturated rings. The summed E-state index contributed by atoms with van der Waals surface area (Å²) in [6.07, 6.45) is 8.38. The largest absolute Gasteiger partial charge is 0.468 e. The predicted octanol–water partition coefficient (Wildman–Crippen LogP) is 2.27. The monoisotopic (exact) mass is 257 g/mol. The van der Waals surface area contributed by atoms with Gasteiger partial charge in [-0.15, -0.1) is 0 Å². The molecule has 106 valence electrons. The van der Waals surface area contributed by atoms with E-state index >= 15 is 0 Å².